The number of para-hydroxylation sites is 1. The molecule has 0 aliphatic carbocycles. The summed E-state index contributed by atoms with van der Waals surface area (Å²) in [6.07, 6.45) is 1.67. The van der Waals surface area contributed by atoms with Crippen LogP contribution in [-0.4, -0.2) is 36.7 Å². The van der Waals surface area contributed by atoms with Crippen LogP contribution in [0.2, 0.25) is 0 Å². The third kappa shape index (κ3) is 3.36. The second-order valence-corrected chi connectivity index (χ2v) is 7.75. The molecule has 3 rings (SSSR count). The van der Waals surface area contributed by atoms with Crippen molar-refractivity contribution in [3.63, 3.8) is 0 Å². The van der Waals surface area contributed by atoms with Gasteiger partial charge in [0.05, 0.1) is 10.5 Å². The van der Waals surface area contributed by atoms with Gasteiger partial charge in [0.15, 0.2) is 0 Å². The zero-order valence-electron chi connectivity index (χ0n) is 14.7. The van der Waals surface area contributed by atoms with Gasteiger partial charge in [-0.1, -0.05) is 32.0 Å². The Morgan fingerprint density at radius 3 is 2.35 bits per heavy atom. The number of aromatic amines is 1. The van der Waals surface area contributed by atoms with Gasteiger partial charge in [0.1, 0.15) is 0 Å². The molecule has 0 fully saturated rings. The van der Waals surface area contributed by atoms with E-state index in [0.29, 0.717) is 24.3 Å². The lowest BCUT2D eigenvalue weighted by atomic mass is 10.1. The van der Waals surface area contributed by atoms with Crippen LogP contribution in [0.5, 0.6) is 0 Å². The van der Waals surface area contributed by atoms with Crippen LogP contribution >= 0.6 is 0 Å². The molecule has 0 aliphatic heterocycles. The maximum Gasteiger partial charge on any atom is 0.257 e. The highest BCUT2D eigenvalue weighted by Crippen LogP contribution is 2.21. The Kier molecular flexibility index (Phi) is 5.11. The van der Waals surface area contributed by atoms with Crippen LogP contribution in [0.15, 0.2) is 59.6 Å². The molecule has 7 heteroatoms. The van der Waals surface area contributed by atoms with Crippen LogP contribution in [0.25, 0.3) is 10.9 Å². The molecule has 2 N–H and O–H groups in total. The smallest absolute Gasteiger partial charge is 0.257 e. The van der Waals surface area contributed by atoms with Crippen LogP contribution < -0.4 is 5.32 Å². The van der Waals surface area contributed by atoms with Gasteiger partial charge >= 0.3 is 0 Å². The quantitative estimate of drug-likeness (QED) is 0.696. The van der Waals surface area contributed by atoms with Crippen molar-refractivity contribution in [2.75, 3.05) is 18.4 Å². The highest BCUT2D eigenvalue weighted by Gasteiger charge is 2.21. The fourth-order valence-corrected chi connectivity index (χ4v) is 4.34. The number of carbonyl (C=O) groups is 1. The summed E-state index contributed by atoms with van der Waals surface area (Å²) in [7, 11) is -3.50. The van der Waals surface area contributed by atoms with E-state index in [9.17, 15) is 13.2 Å². The number of benzene rings is 2. The third-order valence-corrected chi connectivity index (χ3v) is 6.35. The van der Waals surface area contributed by atoms with Crippen molar-refractivity contribution in [2.24, 2.45) is 0 Å². The van der Waals surface area contributed by atoms with Crippen molar-refractivity contribution in [1.29, 1.82) is 0 Å². The minimum Gasteiger partial charge on any atom is -0.360 e. The first kappa shape index (κ1) is 18.2. The van der Waals surface area contributed by atoms with Gasteiger partial charge in [0.2, 0.25) is 10.0 Å². The predicted molar refractivity (Wildman–Crippen MR) is 103 cm³/mol. The molecule has 0 unspecified atom stereocenters. The van der Waals surface area contributed by atoms with Crippen molar-refractivity contribution in [1.82, 2.24) is 9.29 Å². The van der Waals surface area contributed by atoms with Crippen molar-refractivity contribution in [2.45, 2.75) is 18.7 Å². The Bertz CT molecular complexity index is 1020. The first-order chi connectivity index (χ1) is 12.5. The molecule has 1 amide bonds. The topological polar surface area (TPSA) is 82.3 Å². The molecule has 0 saturated heterocycles. The number of nitrogens with one attached hydrogen (secondary N) is 2. The normalized spacial score (nSPS) is 11.8. The Morgan fingerprint density at radius 1 is 1.04 bits per heavy atom. The van der Waals surface area contributed by atoms with Gasteiger partial charge in [-0.25, -0.2) is 8.42 Å². The Hall–Kier alpha value is -2.64. The number of hydrogen-bond donors (Lipinski definition) is 2. The van der Waals surface area contributed by atoms with Crippen LogP contribution in [0.3, 0.4) is 0 Å². The zero-order valence-corrected chi connectivity index (χ0v) is 15.5. The molecule has 2 aromatic carbocycles. The fraction of sp³-hybridized carbons (Fsp3) is 0.211. The number of aromatic nitrogens is 1. The van der Waals surface area contributed by atoms with E-state index in [4.69, 9.17) is 0 Å². The highest BCUT2D eigenvalue weighted by molar-refractivity contribution is 7.89. The summed E-state index contributed by atoms with van der Waals surface area (Å²) in [4.78, 5) is 15.8. The average molecular weight is 371 g/mol. The average Bonchev–Trinajstić information content (AvgIpc) is 3.07. The Labute approximate surface area is 152 Å². The molecule has 6 nitrogen and oxygen atoms in total. The molecule has 0 radical (unpaired) electrons. The SMILES string of the molecule is CCN(CC)S(=O)(=O)c1ccc(NC(=O)c2c[nH]c3ccccc23)cc1. The fourth-order valence-electron chi connectivity index (χ4n) is 2.88. The second kappa shape index (κ2) is 7.31. The van der Waals surface area contributed by atoms with Gasteiger partial charge in [-0.05, 0) is 30.3 Å². The van der Waals surface area contributed by atoms with Gasteiger partial charge in [-0.15, -0.1) is 0 Å². The number of H-pyrrole nitrogens is 1. The van der Waals surface area contributed by atoms with Crippen LogP contribution in [0.4, 0.5) is 5.69 Å². The Balaban J connectivity index is 1.80. The van der Waals surface area contributed by atoms with Gasteiger partial charge in [0, 0.05) is 35.9 Å². The third-order valence-electron chi connectivity index (χ3n) is 4.29. The molecule has 26 heavy (non-hydrogen) atoms. The summed E-state index contributed by atoms with van der Waals surface area (Å²) in [5.41, 5.74) is 1.97. The number of carbonyl (C=O) groups excluding carboxylic acids is 1. The number of sulfonamides is 1. The van der Waals surface area contributed by atoms with E-state index in [0.717, 1.165) is 10.9 Å². The zero-order chi connectivity index (χ0) is 18.7. The van der Waals surface area contributed by atoms with E-state index >= 15 is 0 Å². The number of fused-ring (bicyclic) bond motifs is 1. The van der Waals surface area contributed by atoms with Crippen LogP contribution in [0.1, 0.15) is 24.2 Å². The second-order valence-electron chi connectivity index (χ2n) is 5.82. The van der Waals surface area contributed by atoms with E-state index < -0.39 is 10.0 Å². The molecule has 0 atom stereocenters. The number of amides is 1. The molecule has 0 spiro atoms. The molecule has 1 aromatic heterocycles. The molecule has 0 aliphatic rings. The van der Waals surface area contributed by atoms with E-state index in [-0.39, 0.29) is 10.8 Å². The van der Waals surface area contributed by atoms with Gasteiger partial charge in [-0.3, -0.25) is 4.79 Å². The highest BCUT2D eigenvalue weighted by atomic mass is 32.2. The lowest BCUT2D eigenvalue weighted by Gasteiger charge is -2.18. The Morgan fingerprint density at radius 2 is 1.69 bits per heavy atom. The standard InChI is InChI=1S/C19H21N3O3S/c1-3-22(4-2)26(24,25)15-11-9-14(10-12-15)21-19(23)17-13-20-18-8-6-5-7-16(17)18/h5-13,20H,3-4H2,1-2H3,(H,21,23). The van der Waals surface area contributed by atoms with E-state index in [1.54, 1.807) is 32.2 Å². The minimum absolute atomic E-state index is 0.214. The number of anilines is 1. The van der Waals surface area contributed by atoms with Gasteiger partial charge in [0.25, 0.3) is 5.91 Å². The molecule has 3 aromatic rings. The molecule has 136 valence electrons. The van der Waals surface area contributed by atoms with E-state index in [1.807, 2.05) is 24.3 Å². The molecule has 0 saturated carbocycles. The van der Waals surface area contributed by atoms with Crippen LogP contribution in [0, 0.1) is 0 Å². The van der Waals surface area contributed by atoms with Crippen molar-refractivity contribution in [3.05, 3.63) is 60.3 Å². The summed E-state index contributed by atoms with van der Waals surface area (Å²) in [6, 6.07) is 13.8. The molecule has 0 bridgehead atoms. The summed E-state index contributed by atoms with van der Waals surface area (Å²) in [5, 5.41) is 3.64. The number of rotatable bonds is 6. The van der Waals surface area contributed by atoms with Gasteiger partial charge < -0.3 is 10.3 Å². The van der Waals surface area contributed by atoms with Crippen molar-refractivity contribution >= 4 is 32.5 Å². The molecular formula is C19H21N3O3S. The first-order valence-electron chi connectivity index (χ1n) is 8.45. The number of hydrogen-bond acceptors (Lipinski definition) is 3. The van der Waals surface area contributed by atoms with E-state index in [2.05, 4.69) is 10.3 Å². The monoisotopic (exact) mass is 371 g/mol. The van der Waals surface area contributed by atoms with Gasteiger partial charge in [-0.2, -0.15) is 4.31 Å². The summed E-state index contributed by atoms with van der Waals surface area (Å²) in [6.45, 7) is 4.43. The number of nitrogens with zero attached hydrogens (tertiary/aromatic N) is 1. The molecular weight excluding hydrogens is 350 g/mol. The predicted octanol–water partition coefficient (Wildman–Crippen LogP) is 3.45. The van der Waals surface area contributed by atoms with Crippen molar-refractivity contribution in [3.8, 4) is 0 Å². The lowest BCUT2D eigenvalue weighted by molar-refractivity contribution is 0.102. The summed E-state index contributed by atoms with van der Waals surface area (Å²) in [5.74, 6) is -0.248. The summed E-state index contributed by atoms with van der Waals surface area (Å²) >= 11 is 0. The largest absolute Gasteiger partial charge is 0.360 e. The minimum atomic E-state index is -3.50. The van der Waals surface area contributed by atoms with Crippen LogP contribution in [-0.2, 0) is 10.0 Å². The van der Waals surface area contributed by atoms with E-state index in [1.165, 1.54) is 16.4 Å². The first-order valence-corrected chi connectivity index (χ1v) is 9.89. The van der Waals surface area contributed by atoms with Crippen molar-refractivity contribution < 1.29 is 13.2 Å². The molecule has 1 heterocycles. The summed E-state index contributed by atoms with van der Waals surface area (Å²) < 4.78 is 26.4. The maximum atomic E-state index is 12.5. The maximum absolute atomic E-state index is 12.5. The lowest BCUT2D eigenvalue weighted by Crippen LogP contribution is -2.30.